The Hall–Kier alpha value is -4.02. The average molecular weight is 540 g/mol. The lowest BCUT2D eigenvalue weighted by atomic mass is 10.1. The maximum Gasteiger partial charge on any atom is 0.343 e. The first-order valence-electron chi connectivity index (χ1n) is 11.4. The second kappa shape index (κ2) is 11.8. The van der Waals surface area contributed by atoms with Gasteiger partial charge in [-0.1, -0.05) is 23.7 Å². The summed E-state index contributed by atoms with van der Waals surface area (Å²) in [5, 5.41) is 7.10. The van der Waals surface area contributed by atoms with Crippen LogP contribution in [0.1, 0.15) is 50.1 Å². The molecule has 4 rings (SSSR count). The van der Waals surface area contributed by atoms with E-state index in [1.807, 2.05) is 0 Å². The number of halogens is 1. The molecule has 190 valence electrons. The molecule has 9 nitrogen and oxygen atoms in total. The Morgan fingerprint density at radius 2 is 1.84 bits per heavy atom. The molecule has 0 fully saturated rings. The molecule has 37 heavy (non-hydrogen) atoms. The van der Waals surface area contributed by atoms with Crippen LogP contribution in [0.15, 0.2) is 53.6 Å². The van der Waals surface area contributed by atoms with Crippen LogP contribution in [0.5, 0.6) is 5.75 Å². The van der Waals surface area contributed by atoms with Crippen molar-refractivity contribution in [2.24, 2.45) is 5.10 Å². The van der Waals surface area contributed by atoms with Crippen molar-refractivity contribution in [3.8, 4) is 5.75 Å². The normalized spacial score (nSPS) is 12.2. The summed E-state index contributed by atoms with van der Waals surface area (Å²) in [7, 11) is 0. The molecule has 1 aliphatic carbocycles. The van der Waals surface area contributed by atoms with Crippen LogP contribution in [-0.4, -0.2) is 36.6 Å². The van der Waals surface area contributed by atoms with Gasteiger partial charge in [-0.3, -0.25) is 9.59 Å². The highest BCUT2D eigenvalue weighted by Gasteiger charge is 2.29. The molecule has 11 heteroatoms. The van der Waals surface area contributed by atoms with Crippen LogP contribution in [-0.2, 0) is 27.2 Å². The molecule has 0 aliphatic heterocycles. The van der Waals surface area contributed by atoms with E-state index in [4.69, 9.17) is 21.1 Å². The van der Waals surface area contributed by atoms with Gasteiger partial charge in [0.05, 0.1) is 23.9 Å². The molecule has 0 bridgehead atoms. The molecular formula is C26H22ClN3O6S. The molecular weight excluding hydrogens is 518 g/mol. The zero-order valence-electron chi connectivity index (χ0n) is 19.7. The highest BCUT2D eigenvalue weighted by molar-refractivity contribution is 7.17. The third-order valence-corrected chi connectivity index (χ3v) is 6.82. The summed E-state index contributed by atoms with van der Waals surface area (Å²) >= 11 is 7.11. The van der Waals surface area contributed by atoms with Gasteiger partial charge in [-0.25, -0.2) is 15.0 Å². The van der Waals surface area contributed by atoms with Gasteiger partial charge in [0.25, 0.3) is 0 Å². The van der Waals surface area contributed by atoms with Crippen molar-refractivity contribution in [2.45, 2.75) is 26.2 Å². The van der Waals surface area contributed by atoms with E-state index >= 15 is 0 Å². The summed E-state index contributed by atoms with van der Waals surface area (Å²) in [6.07, 6.45) is 3.76. The summed E-state index contributed by atoms with van der Waals surface area (Å²) in [6.45, 7) is 1.90. The van der Waals surface area contributed by atoms with Crippen LogP contribution in [0, 0.1) is 0 Å². The van der Waals surface area contributed by atoms with E-state index in [1.165, 1.54) is 17.6 Å². The Balaban J connectivity index is 1.36. The fourth-order valence-corrected chi connectivity index (χ4v) is 5.10. The highest BCUT2D eigenvalue weighted by Crippen LogP contribution is 2.39. The van der Waals surface area contributed by atoms with Crippen molar-refractivity contribution in [1.82, 2.24) is 5.43 Å². The number of anilines is 1. The number of benzene rings is 2. The van der Waals surface area contributed by atoms with E-state index in [0.29, 0.717) is 26.7 Å². The number of rotatable bonds is 7. The van der Waals surface area contributed by atoms with Gasteiger partial charge in [0.15, 0.2) is 0 Å². The standard InChI is InChI=1S/C26H22ClN3O6S/c1-2-35-26(34)21-19-7-4-8-20(19)37-24(21)29-22(31)23(32)30-28-14-15-5-3-6-18(13-15)36-25(33)16-9-11-17(27)12-10-16/h3,5-6,9-14H,2,4,7-8H2,1H3,(H,29,31)(H,30,32)/b28-14+. The minimum atomic E-state index is -1.01. The molecule has 0 atom stereocenters. The number of ether oxygens (including phenoxy) is 2. The number of hydrazone groups is 1. The van der Waals surface area contributed by atoms with Crippen LogP contribution in [0.3, 0.4) is 0 Å². The molecule has 0 unspecified atom stereocenters. The monoisotopic (exact) mass is 539 g/mol. The molecule has 0 saturated heterocycles. The lowest BCUT2D eigenvalue weighted by Gasteiger charge is -2.07. The molecule has 1 heterocycles. The number of fused-ring (bicyclic) bond motifs is 1. The number of esters is 2. The van der Waals surface area contributed by atoms with Crippen LogP contribution < -0.4 is 15.5 Å². The predicted octanol–water partition coefficient (Wildman–Crippen LogP) is 4.37. The third kappa shape index (κ3) is 6.41. The molecule has 2 amide bonds. The summed E-state index contributed by atoms with van der Waals surface area (Å²) < 4.78 is 10.5. The molecule has 0 saturated carbocycles. The van der Waals surface area contributed by atoms with Crippen molar-refractivity contribution in [3.63, 3.8) is 0 Å². The summed E-state index contributed by atoms with van der Waals surface area (Å²) in [5.41, 5.74) is 4.19. The fourth-order valence-electron chi connectivity index (χ4n) is 3.70. The van der Waals surface area contributed by atoms with E-state index in [2.05, 4.69) is 15.8 Å². The lowest BCUT2D eigenvalue weighted by molar-refractivity contribution is -0.136. The van der Waals surface area contributed by atoms with Crippen LogP contribution >= 0.6 is 22.9 Å². The van der Waals surface area contributed by atoms with Crippen molar-refractivity contribution < 1.29 is 28.7 Å². The van der Waals surface area contributed by atoms with Crippen molar-refractivity contribution in [2.75, 3.05) is 11.9 Å². The molecule has 0 radical (unpaired) electrons. The van der Waals surface area contributed by atoms with E-state index in [-0.39, 0.29) is 12.4 Å². The average Bonchev–Trinajstić information content (AvgIpc) is 3.45. The van der Waals surface area contributed by atoms with Gasteiger partial charge in [-0.15, -0.1) is 11.3 Å². The molecule has 3 aromatic rings. The fraction of sp³-hybridized carbons (Fsp3) is 0.192. The molecule has 2 N–H and O–H groups in total. The first-order valence-corrected chi connectivity index (χ1v) is 12.6. The SMILES string of the molecule is CCOC(=O)c1c(NC(=O)C(=O)N/N=C/c2cccc(OC(=O)c3ccc(Cl)cc3)c2)sc2c1CCC2. The Labute approximate surface area is 221 Å². The van der Waals surface area contributed by atoms with Crippen LogP contribution in [0.2, 0.25) is 5.02 Å². The second-order valence-electron chi connectivity index (χ2n) is 7.90. The smallest absolute Gasteiger partial charge is 0.343 e. The first kappa shape index (κ1) is 26.1. The number of thiophene rings is 1. The van der Waals surface area contributed by atoms with Crippen molar-refractivity contribution >= 4 is 57.9 Å². The van der Waals surface area contributed by atoms with E-state index in [1.54, 1.807) is 55.5 Å². The Morgan fingerprint density at radius 1 is 1.05 bits per heavy atom. The van der Waals surface area contributed by atoms with E-state index < -0.39 is 23.8 Å². The van der Waals surface area contributed by atoms with Gasteiger partial charge in [0.1, 0.15) is 10.8 Å². The second-order valence-corrected chi connectivity index (χ2v) is 9.45. The summed E-state index contributed by atoms with van der Waals surface area (Å²) in [4.78, 5) is 50.4. The van der Waals surface area contributed by atoms with Gasteiger partial charge >= 0.3 is 23.8 Å². The number of nitrogens with one attached hydrogen (secondary N) is 2. The highest BCUT2D eigenvalue weighted by atomic mass is 35.5. The zero-order chi connectivity index (χ0) is 26.4. The number of hydrogen-bond donors (Lipinski definition) is 2. The number of aryl methyl sites for hydroxylation is 1. The first-order chi connectivity index (χ1) is 17.9. The van der Waals surface area contributed by atoms with Gasteiger partial charge in [-0.2, -0.15) is 5.10 Å². The third-order valence-electron chi connectivity index (χ3n) is 5.36. The predicted molar refractivity (Wildman–Crippen MR) is 140 cm³/mol. The number of hydrogen-bond acceptors (Lipinski definition) is 8. The van der Waals surface area contributed by atoms with Gasteiger partial charge in [0, 0.05) is 9.90 Å². The minimum absolute atomic E-state index is 0.202. The molecule has 1 aliphatic rings. The maximum atomic E-state index is 12.4. The number of amides is 2. The number of carbonyl (C=O) groups is 4. The van der Waals surface area contributed by atoms with E-state index in [9.17, 15) is 19.2 Å². The lowest BCUT2D eigenvalue weighted by Crippen LogP contribution is -2.32. The Morgan fingerprint density at radius 3 is 2.59 bits per heavy atom. The Bertz CT molecular complexity index is 1380. The minimum Gasteiger partial charge on any atom is -0.462 e. The van der Waals surface area contributed by atoms with Gasteiger partial charge in [0.2, 0.25) is 0 Å². The van der Waals surface area contributed by atoms with Crippen molar-refractivity contribution in [1.29, 1.82) is 0 Å². The van der Waals surface area contributed by atoms with Gasteiger partial charge < -0.3 is 14.8 Å². The van der Waals surface area contributed by atoms with Crippen LogP contribution in [0.4, 0.5) is 5.00 Å². The number of carbonyl (C=O) groups excluding carboxylic acids is 4. The zero-order valence-corrected chi connectivity index (χ0v) is 21.3. The largest absolute Gasteiger partial charge is 0.462 e. The molecule has 1 aromatic heterocycles. The number of nitrogens with zero attached hydrogens (tertiary/aromatic N) is 1. The van der Waals surface area contributed by atoms with Crippen LogP contribution in [0.25, 0.3) is 0 Å². The molecule has 0 spiro atoms. The van der Waals surface area contributed by atoms with Crippen molar-refractivity contribution in [3.05, 3.63) is 80.7 Å². The van der Waals surface area contributed by atoms with E-state index in [0.717, 1.165) is 29.7 Å². The summed E-state index contributed by atoms with van der Waals surface area (Å²) in [6, 6.07) is 12.7. The maximum absolute atomic E-state index is 12.4. The quantitative estimate of drug-likeness (QED) is 0.151. The topological polar surface area (TPSA) is 123 Å². The van der Waals surface area contributed by atoms with Gasteiger partial charge in [-0.05, 0) is 73.7 Å². The molecule has 2 aromatic carbocycles. The summed E-state index contributed by atoms with van der Waals surface area (Å²) in [5.74, 6) is -2.78. The Kier molecular flexibility index (Phi) is 8.32.